The number of nitrogens with one attached hydrogen (secondary N) is 1. The molecule has 0 aromatic heterocycles. The van der Waals surface area contributed by atoms with Crippen LogP contribution in [-0.2, 0) is 24.4 Å². The lowest BCUT2D eigenvalue weighted by Crippen LogP contribution is -2.42. The molecular weight excluding hydrogens is 358 g/mol. The van der Waals surface area contributed by atoms with E-state index in [0.29, 0.717) is 6.54 Å². The number of carbonyl (C=O) groups is 1. The fraction of sp³-hybridized carbons (Fsp3) is 0.480. The number of amides is 1. The van der Waals surface area contributed by atoms with Crippen molar-refractivity contribution in [2.75, 3.05) is 26.2 Å². The second-order valence-corrected chi connectivity index (χ2v) is 8.58. The highest BCUT2D eigenvalue weighted by Crippen LogP contribution is 2.19. The molecule has 4 heteroatoms. The first-order valence-electron chi connectivity index (χ1n) is 11.1. The van der Waals surface area contributed by atoms with Crippen molar-refractivity contribution in [3.05, 3.63) is 71.3 Å². The predicted molar refractivity (Wildman–Crippen MR) is 117 cm³/mol. The first kappa shape index (κ1) is 20.1. The largest absolute Gasteiger partial charge is 0.352 e. The van der Waals surface area contributed by atoms with Crippen molar-refractivity contribution in [1.82, 2.24) is 15.1 Å². The van der Waals surface area contributed by atoms with Crippen molar-refractivity contribution in [2.45, 2.75) is 45.3 Å². The fourth-order valence-corrected chi connectivity index (χ4v) is 4.55. The third-order valence-corrected chi connectivity index (χ3v) is 6.22. The molecule has 0 saturated carbocycles. The molecule has 0 aliphatic carbocycles. The van der Waals surface area contributed by atoms with Crippen LogP contribution in [0.4, 0.5) is 0 Å². The molecule has 1 amide bonds. The second-order valence-electron chi connectivity index (χ2n) is 8.58. The van der Waals surface area contributed by atoms with Gasteiger partial charge in [0.2, 0.25) is 5.91 Å². The maximum atomic E-state index is 12.7. The van der Waals surface area contributed by atoms with E-state index in [4.69, 9.17) is 0 Å². The quantitative estimate of drug-likeness (QED) is 0.780. The number of carbonyl (C=O) groups excluding carboxylic acids is 1. The summed E-state index contributed by atoms with van der Waals surface area (Å²) in [6.45, 7) is 6.99. The first-order chi connectivity index (χ1) is 14.3. The molecule has 2 aromatic carbocycles. The molecule has 0 radical (unpaired) electrons. The molecule has 2 aliphatic rings. The Morgan fingerprint density at radius 1 is 0.793 bits per heavy atom. The number of hydrogen-bond acceptors (Lipinski definition) is 3. The normalized spacial score (nSPS) is 20.6. The van der Waals surface area contributed by atoms with E-state index in [0.717, 1.165) is 39.0 Å². The molecule has 2 heterocycles. The van der Waals surface area contributed by atoms with Crippen LogP contribution in [0.3, 0.4) is 0 Å². The highest BCUT2D eigenvalue weighted by atomic mass is 16.1. The SMILES string of the molecule is O=C(NCc1ccc(CN2CCCC2)cc1)C1CCCN(Cc2ccccc2)C1. The summed E-state index contributed by atoms with van der Waals surface area (Å²) in [5, 5.41) is 3.17. The van der Waals surface area contributed by atoms with Gasteiger partial charge in [-0.1, -0.05) is 54.6 Å². The summed E-state index contributed by atoms with van der Waals surface area (Å²) in [6.07, 6.45) is 4.74. The van der Waals surface area contributed by atoms with E-state index in [9.17, 15) is 4.79 Å². The van der Waals surface area contributed by atoms with Crippen LogP contribution in [0.5, 0.6) is 0 Å². The Labute approximate surface area is 174 Å². The lowest BCUT2D eigenvalue weighted by molar-refractivity contribution is -0.126. The smallest absolute Gasteiger partial charge is 0.224 e. The van der Waals surface area contributed by atoms with E-state index >= 15 is 0 Å². The minimum absolute atomic E-state index is 0.0990. The summed E-state index contributed by atoms with van der Waals surface area (Å²) in [5.41, 5.74) is 3.87. The molecule has 2 aromatic rings. The number of rotatable bonds is 7. The topological polar surface area (TPSA) is 35.6 Å². The highest BCUT2D eigenvalue weighted by molar-refractivity contribution is 5.78. The summed E-state index contributed by atoms with van der Waals surface area (Å²) in [6, 6.07) is 19.3. The van der Waals surface area contributed by atoms with Gasteiger partial charge in [0.05, 0.1) is 5.92 Å². The lowest BCUT2D eigenvalue weighted by Gasteiger charge is -2.32. The minimum atomic E-state index is 0.0990. The van der Waals surface area contributed by atoms with E-state index in [2.05, 4.69) is 69.7 Å². The van der Waals surface area contributed by atoms with Crippen LogP contribution in [0, 0.1) is 5.92 Å². The van der Waals surface area contributed by atoms with E-state index in [1.54, 1.807) is 0 Å². The standard InChI is InChI=1S/C25H33N3O/c29-25(24-9-6-16-28(20-24)19-22-7-2-1-3-8-22)26-17-21-10-12-23(13-11-21)18-27-14-4-5-15-27/h1-3,7-8,10-13,24H,4-6,9,14-20H2,(H,26,29). The first-order valence-corrected chi connectivity index (χ1v) is 11.1. The van der Waals surface area contributed by atoms with Crippen molar-refractivity contribution < 1.29 is 4.79 Å². The van der Waals surface area contributed by atoms with Crippen molar-refractivity contribution in [1.29, 1.82) is 0 Å². The van der Waals surface area contributed by atoms with E-state index < -0.39 is 0 Å². The summed E-state index contributed by atoms with van der Waals surface area (Å²) in [5.74, 6) is 0.297. The Hall–Kier alpha value is -2.17. The zero-order valence-corrected chi connectivity index (χ0v) is 17.4. The summed E-state index contributed by atoms with van der Waals surface area (Å²) < 4.78 is 0. The van der Waals surface area contributed by atoms with Crippen LogP contribution in [-0.4, -0.2) is 41.9 Å². The monoisotopic (exact) mass is 391 g/mol. The van der Waals surface area contributed by atoms with Gasteiger partial charge in [-0.15, -0.1) is 0 Å². The Balaban J connectivity index is 1.23. The molecule has 4 nitrogen and oxygen atoms in total. The van der Waals surface area contributed by atoms with Crippen molar-refractivity contribution in [3.8, 4) is 0 Å². The highest BCUT2D eigenvalue weighted by Gasteiger charge is 2.25. The van der Waals surface area contributed by atoms with Gasteiger partial charge in [-0.3, -0.25) is 14.6 Å². The third-order valence-electron chi connectivity index (χ3n) is 6.22. The van der Waals surface area contributed by atoms with Crippen molar-refractivity contribution in [3.63, 3.8) is 0 Å². The molecule has 2 aliphatic heterocycles. The molecular formula is C25H33N3O. The van der Waals surface area contributed by atoms with Crippen LogP contribution >= 0.6 is 0 Å². The number of hydrogen-bond donors (Lipinski definition) is 1. The van der Waals surface area contributed by atoms with Gasteiger partial charge in [-0.25, -0.2) is 0 Å². The summed E-state index contributed by atoms with van der Waals surface area (Å²) >= 11 is 0. The minimum Gasteiger partial charge on any atom is -0.352 e. The van der Waals surface area contributed by atoms with Gasteiger partial charge >= 0.3 is 0 Å². The van der Waals surface area contributed by atoms with Crippen molar-refractivity contribution in [2.24, 2.45) is 5.92 Å². The van der Waals surface area contributed by atoms with Gasteiger partial charge < -0.3 is 5.32 Å². The Morgan fingerprint density at radius 2 is 1.41 bits per heavy atom. The van der Waals surface area contributed by atoms with Gasteiger partial charge in [-0.05, 0) is 62.0 Å². The van der Waals surface area contributed by atoms with Gasteiger partial charge in [0.15, 0.2) is 0 Å². The number of likely N-dealkylation sites (tertiary alicyclic amines) is 2. The molecule has 154 valence electrons. The van der Waals surface area contributed by atoms with E-state index in [1.165, 1.54) is 42.6 Å². The van der Waals surface area contributed by atoms with Crippen LogP contribution < -0.4 is 5.32 Å². The van der Waals surface area contributed by atoms with Crippen LogP contribution in [0.1, 0.15) is 42.4 Å². The van der Waals surface area contributed by atoms with Gasteiger partial charge in [0, 0.05) is 26.2 Å². The molecule has 0 bridgehead atoms. The Bertz CT molecular complexity index is 768. The third kappa shape index (κ3) is 5.91. The summed E-state index contributed by atoms with van der Waals surface area (Å²) in [7, 11) is 0. The number of nitrogens with zero attached hydrogens (tertiary/aromatic N) is 2. The predicted octanol–water partition coefficient (Wildman–Crippen LogP) is 3.81. The van der Waals surface area contributed by atoms with Gasteiger partial charge in [0.1, 0.15) is 0 Å². The van der Waals surface area contributed by atoms with Crippen molar-refractivity contribution >= 4 is 5.91 Å². The zero-order valence-electron chi connectivity index (χ0n) is 17.4. The number of benzene rings is 2. The average molecular weight is 392 g/mol. The molecule has 1 unspecified atom stereocenters. The molecule has 4 rings (SSSR count). The molecule has 0 spiro atoms. The molecule has 1 atom stereocenters. The molecule has 1 N–H and O–H groups in total. The second kappa shape index (κ2) is 10.0. The van der Waals surface area contributed by atoms with E-state index in [-0.39, 0.29) is 11.8 Å². The van der Waals surface area contributed by atoms with Crippen LogP contribution in [0.25, 0.3) is 0 Å². The Kier molecular flexibility index (Phi) is 6.96. The Morgan fingerprint density at radius 3 is 2.17 bits per heavy atom. The van der Waals surface area contributed by atoms with Crippen LogP contribution in [0.15, 0.2) is 54.6 Å². The fourth-order valence-electron chi connectivity index (χ4n) is 4.55. The zero-order chi connectivity index (χ0) is 19.9. The maximum absolute atomic E-state index is 12.7. The number of piperidine rings is 1. The molecule has 2 fully saturated rings. The molecule has 29 heavy (non-hydrogen) atoms. The average Bonchev–Trinajstić information content (AvgIpc) is 3.27. The maximum Gasteiger partial charge on any atom is 0.224 e. The van der Waals surface area contributed by atoms with Gasteiger partial charge in [0.25, 0.3) is 0 Å². The van der Waals surface area contributed by atoms with Crippen LogP contribution in [0.2, 0.25) is 0 Å². The summed E-state index contributed by atoms with van der Waals surface area (Å²) in [4.78, 5) is 17.6. The molecule has 2 saturated heterocycles. The van der Waals surface area contributed by atoms with E-state index in [1.807, 2.05) is 0 Å². The lowest BCUT2D eigenvalue weighted by atomic mass is 9.96. The van der Waals surface area contributed by atoms with Gasteiger partial charge in [-0.2, -0.15) is 0 Å².